The molecule has 0 aliphatic heterocycles. The van der Waals surface area contributed by atoms with Crippen LogP contribution < -0.4 is 4.90 Å². The maximum absolute atomic E-state index is 6.45. The van der Waals surface area contributed by atoms with E-state index in [1.165, 1.54) is 32.6 Å². The van der Waals surface area contributed by atoms with Crippen molar-refractivity contribution in [3.05, 3.63) is 218 Å². The molecule has 13 aromatic rings. The van der Waals surface area contributed by atoms with Crippen LogP contribution in [0.1, 0.15) is 0 Å². The van der Waals surface area contributed by atoms with Gasteiger partial charge in [0, 0.05) is 66.2 Å². The number of aromatic nitrogens is 1. The zero-order valence-electron chi connectivity index (χ0n) is 33.5. The minimum atomic E-state index is 0.899. The van der Waals surface area contributed by atoms with Crippen molar-refractivity contribution in [3.8, 4) is 27.9 Å². The van der Waals surface area contributed by atoms with E-state index in [1.54, 1.807) is 0 Å². The first-order valence-corrected chi connectivity index (χ1v) is 21.1. The molecule has 0 amide bonds. The molecule has 0 unspecified atom stereocenters. The average molecular weight is 793 g/mol. The van der Waals surface area contributed by atoms with Gasteiger partial charge in [0.1, 0.15) is 22.3 Å². The van der Waals surface area contributed by atoms with Crippen molar-refractivity contribution in [2.75, 3.05) is 4.90 Å². The van der Waals surface area contributed by atoms with Gasteiger partial charge in [-0.15, -0.1) is 0 Å². The van der Waals surface area contributed by atoms with E-state index in [9.17, 15) is 0 Å². The summed E-state index contributed by atoms with van der Waals surface area (Å²) in [4.78, 5) is 2.36. The van der Waals surface area contributed by atoms with Crippen LogP contribution in [0.4, 0.5) is 17.1 Å². The highest BCUT2D eigenvalue weighted by atomic mass is 16.3. The third-order valence-corrected chi connectivity index (χ3v) is 12.6. The number of benzene rings is 10. The lowest BCUT2D eigenvalue weighted by atomic mass is 10.0. The Kier molecular flexibility index (Phi) is 7.57. The van der Waals surface area contributed by atoms with Crippen LogP contribution in [0.25, 0.3) is 104 Å². The number of hydrogen-bond donors (Lipinski definition) is 0. The molecule has 0 saturated heterocycles. The fraction of sp³-hybridized carbons (Fsp3) is 0. The van der Waals surface area contributed by atoms with Crippen LogP contribution in [0, 0.1) is 0 Å². The predicted octanol–water partition coefficient (Wildman–Crippen LogP) is 16.5. The highest BCUT2D eigenvalue weighted by Crippen LogP contribution is 2.43. The van der Waals surface area contributed by atoms with Crippen LogP contribution in [-0.2, 0) is 0 Å². The van der Waals surface area contributed by atoms with Gasteiger partial charge in [0.2, 0.25) is 0 Å². The number of fused-ring (bicyclic) bond motifs is 10. The summed E-state index contributed by atoms with van der Waals surface area (Å²) in [6.45, 7) is 0. The van der Waals surface area contributed by atoms with E-state index < -0.39 is 0 Å². The molecule has 4 nitrogen and oxygen atoms in total. The van der Waals surface area contributed by atoms with Crippen molar-refractivity contribution in [2.45, 2.75) is 0 Å². The minimum absolute atomic E-state index is 0.899. The Hall–Kier alpha value is -8.34. The monoisotopic (exact) mass is 792 g/mol. The quantitative estimate of drug-likeness (QED) is 0.168. The predicted molar refractivity (Wildman–Crippen MR) is 258 cm³/mol. The molecule has 4 heteroatoms. The number of furan rings is 2. The summed E-state index contributed by atoms with van der Waals surface area (Å²) < 4.78 is 15.3. The Bertz CT molecular complexity index is 3700. The molecule has 0 bridgehead atoms. The Labute approximate surface area is 356 Å². The van der Waals surface area contributed by atoms with Gasteiger partial charge in [-0.25, -0.2) is 0 Å². The van der Waals surface area contributed by atoms with Gasteiger partial charge in [-0.05, 0) is 101 Å². The summed E-state index contributed by atoms with van der Waals surface area (Å²) in [5, 5.41) is 9.34. The fourth-order valence-corrected chi connectivity index (χ4v) is 9.67. The molecule has 0 aliphatic rings. The molecule has 0 saturated carbocycles. The van der Waals surface area contributed by atoms with Crippen LogP contribution in [0.5, 0.6) is 0 Å². The van der Waals surface area contributed by atoms with E-state index in [-0.39, 0.29) is 0 Å². The summed E-state index contributed by atoms with van der Waals surface area (Å²) in [6, 6.07) is 78.0. The average Bonchev–Trinajstić information content (AvgIpc) is 4.01. The van der Waals surface area contributed by atoms with Crippen molar-refractivity contribution in [1.82, 2.24) is 4.57 Å². The molecular formula is C58H36N2O2. The van der Waals surface area contributed by atoms with Crippen LogP contribution in [0.2, 0.25) is 0 Å². The van der Waals surface area contributed by atoms with Gasteiger partial charge in [0.05, 0.1) is 11.0 Å². The van der Waals surface area contributed by atoms with Gasteiger partial charge in [-0.3, -0.25) is 0 Å². The lowest BCUT2D eigenvalue weighted by molar-refractivity contribution is 0.669. The fourth-order valence-electron chi connectivity index (χ4n) is 9.67. The molecular weight excluding hydrogens is 757 g/mol. The first-order valence-electron chi connectivity index (χ1n) is 21.1. The second-order valence-electron chi connectivity index (χ2n) is 16.1. The normalized spacial score (nSPS) is 11.9. The maximum atomic E-state index is 6.45. The van der Waals surface area contributed by atoms with Gasteiger partial charge in [0.15, 0.2) is 0 Å². The molecule has 0 radical (unpaired) electrons. The Balaban J connectivity index is 0.959. The first-order chi connectivity index (χ1) is 30.7. The molecule has 62 heavy (non-hydrogen) atoms. The molecule has 10 aromatic carbocycles. The maximum Gasteiger partial charge on any atom is 0.143 e. The molecule has 3 heterocycles. The van der Waals surface area contributed by atoms with Gasteiger partial charge in [-0.2, -0.15) is 0 Å². The summed E-state index contributed by atoms with van der Waals surface area (Å²) in [5.74, 6) is 0. The van der Waals surface area contributed by atoms with Crippen LogP contribution in [-0.4, -0.2) is 4.57 Å². The minimum Gasteiger partial charge on any atom is -0.455 e. The Morgan fingerprint density at radius 1 is 0.323 bits per heavy atom. The smallest absolute Gasteiger partial charge is 0.143 e. The van der Waals surface area contributed by atoms with Crippen molar-refractivity contribution in [3.63, 3.8) is 0 Å². The standard InChI is InChI=1S/C58H36N2O2/c1-2-12-41(13-3-1)60-53-21-7-4-14-47(53)52-35-40-34-44(33-28-39(40)36-54(52)60)59(42-29-24-37(25-30-42)45-17-10-19-50-48-15-5-8-22-55(48)61-57(45)50)43-31-26-38(27-32-43)46-18-11-20-51-49-16-6-9-23-56(49)62-58(46)51/h1-36H. The Morgan fingerprint density at radius 3 is 1.45 bits per heavy atom. The van der Waals surface area contributed by atoms with Gasteiger partial charge < -0.3 is 18.3 Å². The highest BCUT2D eigenvalue weighted by Gasteiger charge is 2.19. The van der Waals surface area contributed by atoms with Crippen molar-refractivity contribution in [1.29, 1.82) is 0 Å². The number of anilines is 3. The topological polar surface area (TPSA) is 34.5 Å². The lowest BCUT2D eigenvalue weighted by Crippen LogP contribution is -2.09. The number of nitrogens with zero attached hydrogens (tertiary/aromatic N) is 2. The second-order valence-corrected chi connectivity index (χ2v) is 16.1. The number of hydrogen-bond acceptors (Lipinski definition) is 3. The molecule has 0 aliphatic carbocycles. The second kappa shape index (κ2) is 13.6. The van der Waals surface area contributed by atoms with E-state index in [4.69, 9.17) is 8.83 Å². The van der Waals surface area contributed by atoms with Crippen LogP contribution >= 0.6 is 0 Å². The lowest BCUT2D eigenvalue weighted by Gasteiger charge is -2.26. The van der Waals surface area contributed by atoms with Crippen LogP contribution in [0.3, 0.4) is 0 Å². The zero-order chi connectivity index (χ0) is 40.7. The Morgan fingerprint density at radius 2 is 0.839 bits per heavy atom. The molecule has 0 spiro atoms. The molecule has 0 atom stereocenters. The molecule has 290 valence electrons. The third kappa shape index (κ3) is 5.33. The molecule has 0 fully saturated rings. The van der Waals surface area contributed by atoms with Crippen molar-refractivity contribution < 1.29 is 8.83 Å². The van der Waals surface area contributed by atoms with E-state index in [0.717, 1.165) is 88.9 Å². The van der Waals surface area contributed by atoms with Crippen molar-refractivity contribution in [2.24, 2.45) is 0 Å². The summed E-state index contributed by atoms with van der Waals surface area (Å²) in [7, 11) is 0. The van der Waals surface area contributed by atoms with Gasteiger partial charge >= 0.3 is 0 Å². The van der Waals surface area contributed by atoms with Crippen LogP contribution in [0.15, 0.2) is 227 Å². The zero-order valence-corrected chi connectivity index (χ0v) is 33.5. The third-order valence-electron chi connectivity index (χ3n) is 12.6. The van der Waals surface area contributed by atoms with Gasteiger partial charge in [0.25, 0.3) is 0 Å². The van der Waals surface area contributed by atoms with Crippen molar-refractivity contribution >= 4 is 93.5 Å². The van der Waals surface area contributed by atoms with Gasteiger partial charge in [-0.1, -0.05) is 140 Å². The van der Waals surface area contributed by atoms with E-state index in [0.29, 0.717) is 0 Å². The highest BCUT2D eigenvalue weighted by molar-refractivity contribution is 6.14. The van der Waals surface area contributed by atoms with E-state index in [1.807, 2.05) is 24.3 Å². The largest absolute Gasteiger partial charge is 0.455 e. The number of rotatable bonds is 6. The van der Waals surface area contributed by atoms with E-state index in [2.05, 4.69) is 204 Å². The van der Waals surface area contributed by atoms with E-state index >= 15 is 0 Å². The molecule has 13 rings (SSSR count). The SMILES string of the molecule is c1ccc(-n2c3ccccc3c3cc4cc(N(c5ccc(-c6cccc7c6oc6ccccc67)cc5)c5ccc(-c6cccc7c6oc6ccccc67)cc5)ccc4cc32)cc1. The summed E-state index contributed by atoms with van der Waals surface area (Å²) >= 11 is 0. The summed E-state index contributed by atoms with van der Waals surface area (Å²) in [6.07, 6.45) is 0. The molecule has 0 N–H and O–H groups in total. The first kappa shape index (κ1) is 34.5. The summed E-state index contributed by atoms with van der Waals surface area (Å²) in [5.41, 5.74) is 14.7. The molecule has 3 aromatic heterocycles. The number of para-hydroxylation sites is 6.